The molecule has 7 heteroatoms. The molecule has 1 aliphatic heterocycles. The van der Waals surface area contributed by atoms with Gasteiger partial charge in [-0.15, -0.1) is 11.8 Å². The Kier molecular flexibility index (Phi) is 4.33. The fraction of sp³-hybridized carbons (Fsp3) is 0.417. The molecule has 0 aliphatic carbocycles. The van der Waals surface area contributed by atoms with E-state index in [0.717, 1.165) is 35.7 Å². The maximum atomic E-state index is 10.8. The van der Waals surface area contributed by atoms with Crippen LogP contribution in [0.15, 0.2) is 23.1 Å². The third kappa shape index (κ3) is 3.21. The van der Waals surface area contributed by atoms with Crippen molar-refractivity contribution < 1.29 is 4.92 Å². The number of benzene rings is 1. The highest BCUT2D eigenvalue weighted by Gasteiger charge is 2.21. The number of nitro groups is 1. The Labute approximate surface area is 116 Å². The highest BCUT2D eigenvalue weighted by Crippen LogP contribution is 2.37. The zero-order valence-electron chi connectivity index (χ0n) is 10.7. The second-order valence-electron chi connectivity index (χ2n) is 4.56. The van der Waals surface area contributed by atoms with Gasteiger partial charge in [-0.25, -0.2) is 5.26 Å². The van der Waals surface area contributed by atoms with Crippen molar-refractivity contribution in [1.82, 2.24) is 0 Å². The number of non-ortho nitro benzene ring substituents is 1. The number of fused-ring (bicyclic) bond motifs is 1. The topological polar surface area (TPSA) is 70.2 Å². The van der Waals surface area contributed by atoms with Crippen molar-refractivity contribution in [2.24, 2.45) is 0 Å². The first-order valence-corrected chi connectivity index (χ1v) is 7.16. The van der Waals surface area contributed by atoms with Gasteiger partial charge in [-0.2, -0.15) is 0 Å². The monoisotopic (exact) mass is 275 g/mol. The van der Waals surface area contributed by atoms with Gasteiger partial charge < -0.3 is 4.90 Å². The Balaban J connectivity index is 2.19. The first kappa shape index (κ1) is 13.7. The van der Waals surface area contributed by atoms with Gasteiger partial charge >= 0.3 is 0 Å². The predicted molar refractivity (Wildman–Crippen MR) is 78.1 cm³/mol. The van der Waals surface area contributed by atoms with Crippen LogP contribution in [0.25, 0.3) is 0 Å². The van der Waals surface area contributed by atoms with E-state index in [1.807, 2.05) is 12.9 Å². The molecule has 0 spiro atoms. The molecule has 19 heavy (non-hydrogen) atoms. The van der Waals surface area contributed by atoms with Crippen molar-refractivity contribution in [3.63, 3.8) is 0 Å². The molecule has 0 N–H and O–H groups in total. The molecular weight excluding hydrogens is 261 g/mol. The fourth-order valence-corrected chi connectivity index (χ4v) is 3.05. The molecule has 0 atom stereocenters. The van der Waals surface area contributed by atoms with Gasteiger partial charge in [-0.3, -0.25) is 10.1 Å². The molecule has 0 saturated heterocycles. The van der Waals surface area contributed by atoms with Crippen LogP contribution in [0.3, 0.4) is 0 Å². The summed E-state index contributed by atoms with van der Waals surface area (Å²) in [5.74, 6) is 3.20. The molecule has 5 nitrogen and oxygen atoms in total. The van der Waals surface area contributed by atoms with Crippen LogP contribution < -0.4 is 4.90 Å². The summed E-state index contributed by atoms with van der Waals surface area (Å²) < 4.78 is 0. The second kappa shape index (κ2) is 5.98. The fourth-order valence-electron chi connectivity index (χ4n) is 2.02. The van der Waals surface area contributed by atoms with Gasteiger partial charge in [0, 0.05) is 41.8 Å². The van der Waals surface area contributed by atoms with Crippen molar-refractivity contribution in [2.45, 2.75) is 18.0 Å². The number of hydrogen-bond acceptors (Lipinski definition) is 5. The maximum Gasteiger partial charge on any atom is 0.271 e. The SMILES string of the molecule is CB(C#N)CCN1CCSc2ccc([N+](=O)[O-])cc21. The Morgan fingerprint density at radius 1 is 1.63 bits per heavy atom. The predicted octanol–water partition coefficient (Wildman–Crippen LogP) is 2.69. The minimum atomic E-state index is -0.365. The third-order valence-electron chi connectivity index (χ3n) is 3.17. The molecular formula is C12H14BN3O2S. The zero-order valence-corrected chi connectivity index (χ0v) is 11.5. The number of nitriles is 1. The lowest BCUT2D eigenvalue weighted by molar-refractivity contribution is -0.384. The summed E-state index contributed by atoms with van der Waals surface area (Å²) in [6, 6.07) is 5.00. The van der Waals surface area contributed by atoms with Crippen LogP contribution in [0, 0.1) is 21.3 Å². The van der Waals surface area contributed by atoms with Crippen LogP contribution in [0.4, 0.5) is 11.4 Å². The van der Waals surface area contributed by atoms with Gasteiger partial charge in [-0.1, -0.05) is 6.82 Å². The summed E-state index contributed by atoms with van der Waals surface area (Å²) in [5.41, 5.74) is 1.05. The first-order chi connectivity index (χ1) is 9.11. The molecule has 0 bridgehead atoms. The van der Waals surface area contributed by atoms with Crippen molar-refractivity contribution in [3.8, 4) is 5.97 Å². The maximum absolute atomic E-state index is 10.8. The molecule has 0 unspecified atom stereocenters. The van der Waals surface area contributed by atoms with Crippen LogP contribution in [-0.2, 0) is 0 Å². The normalized spacial score (nSPS) is 13.6. The average Bonchev–Trinajstić information content (AvgIpc) is 2.43. The highest BCUT2D eigenvalue weighted by molar-refractivity contribution is 7.99. The lowest BCUT2D eigenvalue weighted by Gasteiger charge is -2.30. The van der Waals surface area contributed by atoms with Gasteiger partial charge in [-0.05, 0) is 12.4 Å². The summed E-state index contributed by atoms with van der Waals surface area (Å²) >= 11 is 1.72. The smallest absolute Gasteiger partial charge is 0.271 e. The van der Waals surface area contributed by atoms with E-state index in [2.05, 4.69) is 10.9 Å². The Hall–Kier alpha value is -1.68. The summed E-state index contributed by atoms with van der Waals surface area (Å²) in [6.45, 7) is 3.55. The third-order valence-corrected chi connectivity index (χ3v) is 4.21. The molecule has 98 valence electrons. The quantitative estimate of drug-likeness (QED) is 0.480. The summed E-state index contributed by atoms with van der Waals surface area (Å²) in [6.07, 6.45) is 0.781. The molecule has 1 heterocycles. The van der Waals surface area contributed by atoms with E-state index in [9.17, 15) is 10.1 Å². The number of anilines is 1. The molecule has 1 aromatic rings. The molecule has 0 radical (unpaired) electrons. The van der Waals surface area contributed by atoms with E-state index in [-0.39, 0.29) is 17.3 Å². The van der Waals surface area contributed by atoms with Crippen LogP contribution in [0.2, 0.25) is 13.1 Å². The lowest BCUT2D eigenvalue weighted by atomic mass is 9.51. The summed E-state index contributed by atoms with van der Waals surface area (Å²) in [4.78, 5) is 13.7. The molecule has 0 saturated carbocycles. The zero-order chi connectivity index (χ0) is 13.8. The number of thioether (sulfide) groups is 1. The standard InChI is InChI=1S/C12H14BN3O2S/c1-13(9-14)4-5-15-6-7-19-12-3-2-10(16(17)18)8-11(12)15/h2-3,8H,4-7H2,1H3. The first-order valence-electron chi connectivity index (χ1n) is 6.17. The molecule has 1 aromatic carbocycles. The second-order valence-corrected chi connectivity index (χ2v) is 5.70. The molecule has 1 aliphatic rings. The van der Waals surface area contributed by atoms with Crippen molar-refractivity contribution in [1.29, 1.82) is 5.26 Å². The van der Waals surface area contributed by atoms with Crippen molar-refractivity contribution in [3.05, 3.63) is 28.3 Å². The number of rotatable bonds is 4. The van der Waals surface area contributed by atoms with Crippen LogP contribution in [-0.4, -0.2) is 30.5 Å². The van der Waals surface area contributed by atoms with Crippen molar-refractivity contribution >= 4 is 29.8 Å². The van der Waals surface area contributed by atoms with Gasteiger partial charge in [0.25, 0.3) is 12.4 Å². The molecule has 0 fully saturated rings. The molecule has 0 aromatic heterocycles. The Bertz CT molecular complexity index is 532. The van der Waals surface area contributed by atoms with Gasteiger partial charge in [0.1, 0.15) is 0 Å². The minimum Gasteiger partial charge on any atom is -0.370 e. The van der Waals surface area contributed by atoms with Gasteiger partial charge in [0.05, 0.1) is 10.6 Å². The average molecular weight is 275 g/mol. The molecule has 0 amide bonds. The van der Waals surface area contributed by atoms with Crippen LogP contribution >= 0.6 is 11.8 Å². The number of hydrogen-bond donors (Lipinski definition) is 0. The minimum absolute atomic E-state index is 0.0109. The van der Waals surface area contributed by atoms with E-state index in [1.165, 1.54) is 0 Å². The summed E-state index contributed by atoms with van der Waals surface area (Å²) in [5, 5.41) is 19.7. The van der Waals surface area contributed by atoms with E-state index >= 15 is 0 Å². The van der Waals surface area contributed by atoms with Gasteiger partial charge in [0.15, 0.2) is 0 Å². The lowest BCUT2D eigenvalue weighted by Crippen LogP contribution is -2.31. The van der Waals surface area contributed by atoms with Gasteiger partial charge in [0.2, 0.25) is 0 Å². The van der Waals surface area contributed by atoms with E-state index in [4.69, 9.17) is 5.26 Å². The van der Waals surface area contributed by atoms with Crippen LogP contribution in [0.5, 0.6) is 0 Å². The van der Waals surface area contributed by atoms with Crippen LogP contribution in [0.1, 0.15) is 0 Å². The summed E-state index contributed by atoms with van der Waals surface area (Å²) in [7, 11) is 0. The Morgan fingerprint density at radius 3 is 3.11 bits per heavy atom. The van der Waals surface area contributed by atoms with E-state index in [0.29, 0.717) is 0 Å². The number of nitro benzene ring substituents is 1. The molecule has 2 rings (SSSR count). The highest BCUT2D eigenvalue weighted by atomic mass is 32.2. The Morgan fingerprint density at radius 2 is 2.42 bits per heavy atom. The van der Waals surface area contributed by atoms with Crippen molar-refractivity contribution in [2.75, 3.05) is 23.7 Å². The largest absolute Gasteiger partial charge is 0.370 e. The van der Waals surface area contributed by atoms with E-state index < -0.39 is 0 Å². The number of nitrogens with zero attached hydrogens (tertiary/aromatic N) is 3. The van der Waals surface area contributed by atoms with E-state index in [1.54, 1.807) is 23.9 Å².